The lowest BCUT2D eigenvalue weighted by Gasteiger charge is -2.40. The molecule has 2 heterocycles. The van der Waals surface area contributed by atoms with E-state index in [-0.39, 0.29) is 33.5 Å². The van der Waals surface area contributed by atoms with Crippen LogP contribution in [-0.4, -0.2) is 89.9 Å². The molecule has 0 amide bonds. The molecule has 2 fully saturated rings. The molecule has 90 heavy (non-hydrogen) atoms. The first-order chi connectivity index (χ1) is 44.0. The molecule has 2 aliphatic rings. The molecular weight excluding hydrogens is 1140 g/mol. The molecule has 10 aromatic carbocycles. The van der Waals surface area contributed by atoms with Crippen LogP contribution in [-0.2, 0) is 18.9 Å². The molecule has 0 aliphatic carbocycles. The highest BCUT2D eigenvalue weighted by Crippen LogP contribution is 2.46. The van der Waals surface area contributed by atoms with Crippen molar-refractivity contribution in [1.82, 2.24) is 0 Å². The Labute approximate surface area is 522 Å². The van der Waals surface area contributed by atoms with Crippen molar-refractivity contribution in [1.29, 1.82) is 0 Å². The van der Waals surface area contributed by atoms with E-state index < -0.39 is 23.9 Å². The van der Waals surface area contributed by atoms with Gasteiger partial charge in [0.2, 0.25) is 0 Å². The lowest BCUT2D eigenvalue weighted by atomic mass is 9.84. The largest absolute Gasteiger partial charge is 0.494 e. The second kappa shape index (κ2) is 27.9. The molecule has 0 aromatic heterocycles. The minimum atomic E-state index is -0.609. The maximum atomic E-state index is 14.4. The van der Waals surface area contributed by atoms with Gasteiger partial charge in [-0.3, -0.25) is 0 Å². The van der Waals surface area contributed by atoms with Gasteiger partial charge in [-0.1, -0.05) is 98.8 Å². The summed E-state index contributed by atoms with van der Waals surface area (Å²) in [5.41, 5.74) is 2.81. The Morgan fingerprint density at radius 1 is 0.356 bits per heavy atom. The molecule has 14 nitrogen and oxygen atoms in total. The van der Waals surface area contributed by atoms with Crippen molar-refractivity contribution in [2.24, 2.45) is 10.8 Å². The number of fused-ring (bicyclic) bond motifs is 4. The Bertz CT molecular complexity index is 3940. The van der Waals surface area contributed by atoms with E-state index in [2.05, 4.69) is 13.8 Å². The van der Waals surface area contributed by atoms with Gasteiger partial charge >= 0.3 is 23.9 Å². The Balaban J connectivity index is 0.685. The molecular formula is C76H70O14. The molecule has 0 N–H and O–H groups in total. The fraction of sp³-hybridized carbons (Fsp3) is 0.263. The minimum absolute atomic E-state index is 0.179. The summed E-state index contributed by atoms with van der Waals surface area (Å²) in [6.45, 7) is 11.3. The molecule has 0 unspecified atom stereocenters. The van der Waals surface area contributed by atoms with Gasteiger partial charge in [-0.25, -0.2) is 19.2 Å². The molecule has 0 bridgehead atoms. The average Bonchev–Trinajstić information content (AvgIpc) is 0.845. The van der Waals surface area contributed by atoms with Crippen molar-refractivity contribution in [2.45, 2.75) is 52.4 Å². The van der Waals surface area contributed by atoms with Crippen molar-refractivity contribution in [3.05, 3.63) is 216 Å². The SMILES string of the molecule is CCC1(COCCCCOc2ccc(C(=O)Oc3ccc4cc(C(=O)Oc5ccc6ccccc6c5-c5c(OC(=O)c6ccc7cc(OC(=O)c8ccc(OCCCCOCC9(CC)COC9)cc8)ccc7c6)ccc6ccccc56)ccc4c3)cc2)COC1. The first-order valence-corrected chi connectivity index (χ1v) is 30.8. The zero-order chi connectivity index (χ0) is 61.9. The van der Waals surface area contributed by atoms with Crippen molar-refractivity contribution in [3.8, 4) is 45.6 Å². The number of rotatable bonds is 27. The Hall–Kier alpha value is -9.44. The molecule has 458 valence electrons. The highest BCUT2D eigenvalue weighted by atomic mass is 16.6. The van der Waals surface area contributed by atoms with Crippen LogP contribution < -0.4 is 28.4 Å². The van der Waals surface area contributed by atoms with Crippen molar-refractivity contribution in [3.63, 3.8) is 0 Å². The molecule has 14 heteroatoms. The normalized spacial score (nSPS) is 13.9. The van der Waals surface area contributed by atoms with Gasteiger partial charge < -0.3 is 47.4 Å². The quantitative estimate of drug-likeness (QED) is 0.0272. The Kier molecular flexibility index (Phi) is 18.9. The highest BCUT2D eigenvalue weighted by Gasteiger charge is 2.38. The van der Waals surface area contributed by atoms with E-state index in [1.807, 2.05) is 60.7 Å². The van der Waals surface area contributed by atoms with Crippen LogP contribution in [0.4, 0.5) is 0 Å². The van der Waals surface area contributed by atoms with Crippen LogP contribution in [0.2, 0.25) is 0 Å². The smallest absolute Gasteiger partial charge is 0.343 e. The number of unbranched alkanes of at least 4 members (excludes halogenated alkanes) is 2. The van der Waals surface area contributed by atoms with E-state index in [9.17, 15) is 19.2 Å². The number of ether oxygens (including phenoxy) is 10. The van der Waals surface area contributed by atoms with E-state index in [0.29, 0.717) is 71.7 Å². The number of carbonyl (C=O) groups excluding carboxylic acids is 4. The molecule has 2 saturated heterocycles. The summed E-state index contributed by atoms with van der Waals surface area (Å²) in [5, 5.41) is 6.23. The number of benzene rings is 10. The second-order valence-electron chi connectivity index (χ2n) is 23.3. The van der Waals surface area contributed by atoms with Crippen molar-refractivity contribution in [2.75, 3.05) is 66.1 Å². The second-order valence-corrected chi connectivity index (χ2v) is 23.3. The van der Waals surface area contributed by atoms with Crippen LogP contribution in [0.15, 0.2) is 194 Å². The van der Waals surface area contributed by atoms with Gasteiger partial charge in [-0.15, -0.1) is 0 Å². The van der Waals surface area contributed by atoms with Crippen LogP contribution in [0.3, 0.4) is 0 Å². The average molecular weight is 1210 g/mol. The summed E-state index contributed by atoms with van der Waals surface area (Å²) >= 11 is 0. The van der Waals surface area contributed by atoms with E-state index in [4.69, 9.17) is 47.4 Å². The van der Waals surface area contributed by atoms with Gasteiger partial charge in [0.05, 0.1) is 75.1 Å². The van der Waals surface area contributed by atoms with E-state index in [1.54, 1.807) is 133 Å². The lowest BCUT2D eigenvalue weighted by molar-refractivity contribution is -0.150. The van der Waals surface area contributed by atoms with Crippen LogP contribution in [0, 0.1) is 10.8 Å². The fourth-order valence-corrected chi connectivity index (χ4v) is 11.2. The third kappa shape index (κ3) is 14.2. The van der Waals surface area contributed by atoms with Crippen molar-refractivity contribution >= 4 is 67.0 Å². The monoisotopic (exact) mass is 1210 g/mol. The minimum Gasteiger partial charge on any atom is -0.494 e. The third-order valence-corrected chi connectivity index (χ3v) is 17.0. The zero-order valence-corrected chi connectivity index (χ0v) is 50.5. The van der Waals surface area contributed by atoms with Crippen LogP contribution in [0.5, 0.6) is 34.5 Å². The van der Waals surface area contributed by atoms with E-state index in [1.165, 1.54) is 0 Å². The van der Waals surface area contributed by atoms with Crippen LogP contribution in [0.1, 0.15) is 93.8 Å². The summed E-state index contributed by atoms with van der Waals surface area (Å²) in [4.78, 5) is 55.2. The van der Waals surface area contributed by atoms with E-state index in [0.717, 1.165) is 121 Å². The summed E-state index contributed by atoms with van der Waals surface area (Å²) in [6.07, 6.45) is 5.57. The van der Waals surface area contributed by atoms with Gasteiger partial charge in [0, 0.05) is 35.2 Å². The summed E-state index contributed by atoms with van der Waals surface area (Å²) in [7, 11) is 0. The molecule has 0 spiro atoms. The van der Waals surface area contributed by atoms with Crippen LogP contribution >= 0.6 is 0 Å². The summed E-state index contributed by atoms with van der Waals surface area (Å²) in [5.74, 6) is 0.269. The zero-order valence-electron chi connectivity index (χ0n) is 50.5. The number of hydrogen-bond donors (Lipinski definition) is 0. The maximum absolute atomic E-state index is 14.4. The first kappa shape index (κ1) is 60.8. The van der Waals surface area contributed by atoms with Crippen molar-refractivity contribution < 1.29 is 66.5 Å². The predicted molar refractivity (Wildman–Crippen MR) is 346 cm³/mol. The topological polar surface area (TPSA) is 161 Å². The first-order valence-electron chi connectivity index (χ1n) is 30.8. The Morgan fingerprint density at radius 2 is 0.700 bits per heavy atom. The summed E-state index contributed by atoms with van der Waals surface area (Å²) in [6, 6.07) is 57.4. The molecule has 10 aromatic rings. The van der Waals surface area contributed by atoms with Gasteiger partial charge in [-0.2, -0.15) is 0 Å². The molecule has 2 aliphatic heterocycles. The summed E-state index contributed by atoms with van der Waals surface area (Å²) < 4.78 is 58.7. The number of hydrogen-bond acceptors (Lipinski definition) is 14. The van der Waals surface area contributed by atoms with Crippen LogP contribution in [0.25, 0.3) is 54.2 Å². The number of esters is 4. The molecule has 0 radical (unpaired) electrons. The lowest BCUT2D eigenvalue weighted by Crippen LogP contribution is -2.45. The predicted octanol–water partition coefficient (Wildman–Crippen LogP) is 16.0. The van der Waals surface area contributed by atoms with E-state index >= 15 is 0 Å². The maximum Gasteiger partial charge on any atom is 0.343 e. The van der Waals surface area contributed by atoms with Gasteiger partial charge in [0.25, 0.3) is 0 Å². The van der Waals surface area contributed by atoms with Gasteiger partial charge in [0.15, 0.2) is 0 Å². The third-order valence-electron chi connectivity index (χ3n) is 17.0. The highest BCUT2D eigenvalue weighted by molar-refractivity contribution is 6.12. The van der Waals surface area contributed by atoms with Gasteiger partial charge in [-0.05, 0) is 191 Å². The van der Waals surface area contributed by atoms with Gasteiger partial charge in [0.1, 0.15) is 34.5 Å². The molecule has 0 atom stereocenters. The standard InChI is InChI=1S/C76H70O14/c1-3-75(47-83-48-75)45-81-37-9-11-39-85-61-29-21-53(22-30-61)71(77)87-63-33-25-55-41-59(19-17-57(55)43-63)73(79)89-67-35-27-51-13-5-7-15-65(51)69(67)70-66-16-8-6-14-52(66)28-36-68(70)90-74(80)60-20-18-58-44-64(34-26-56(58)42-60)88-72(78)54-23-31-62(32-24-54)86-40-12-10-38-82-46-76(4-2)49-84-50-76/h5-8,13-36,41-44H,3-4,9-12,37-40,45-50H2,1-2H3. The Morgan fingerprint density at radius 3 is 1.10 bits per heavy atom. The number of carbonyl (C=O) groups is 4. The fourth-order valence-electron chi connectivity index (χ4n) is 11.2. The molecule has 0 saturated carbocycles. The molecule has 12 rings (SSSR count).